The molecule has 5 nitrogen and oxygen atoms in total. The lowest BCUT2D eigenvalue weighted by molar-refractivity contribution is 0.0691. The number of carboxylic acids is 2. The van der Waals surface area contributed by atoms with Crippen LogP contribution in [0.3, 0.4) is 0 Å². The molecule has 0 saturated carbocycles. The zero-order valence-corrected chi connectivity index (χ0v) is 11.8. The van der Waals surface area contributed by atoms with Gasteiger partial charge >= 0.3 is 11.9 Å². The molecule has 0 aliphatic rings. The van der Waals surface area contributed by atoms with Gasteiger partial charge in [-0.15, -0.1) is 0 Å². The quantitative estimate of drug-likeness (QED) is 0.763. The van der Waals surface area contributed by atoms with Crippen molar-refractivity contribution < 1.29 is 24.5 Å². The first kappa shape index (κ1) is 16.0. The van der Waals surface area contributed by atoms with Crippen LogP contribution in [-0.2, 0) is 0 Å². The molecule has 1 atom stereocenters. The SMILES string of the molecule is CCCC(CC)COc1ccc(C(=O)O)cc1C(=O)O. The first-order chi connectivity index (χ1) is 9.49. The second-order valence-electron chi connectivity index (χ2n) is 4.70. The third-order valence-corrected chi connectivity index (χ3v) is 3.21. The molecule has 0 fully saturated rings. The number of ether oxygens (including phenoxy) is 1. The molecule has 20 heavy (non-hydrogen) atoms. The molecule has 1 rings (SSSR count). The minimum atomic E-state index is -1.19. The van der Waals surface area contributed by atoms with Crippen LogP contribution in [0.2, 0.25) is 0 Å². The molecule has 2 N–H and O–H groups in total. The van der Waals surface area contributed by atoms with Gasteiger partial charge in [-0.1, -0.05) is 26.7 Å². The number of aromatic carboxylic acids is 2. The smallest absolute Gasteiger partial charge is 0.339 e. The number of carbonyl (C=O) groups is 2. The molecule has 0 amide bonds. The van der Waals surface area contributed by atoms with E-state index < -0.39 is 11.9 Å². The van der Waals surface area contributed by atoms with Crippen LogP contribution in [0.4, 0.5) is 0 Å². The third kappa shape index (κ3) is 4.26. The third-order valence-electron chi connectivity index (χ3n) is 3.21. The zero-order valence-electron chi connectivity index (χ0n) is 11.8. The summed E-state index contributed by atoms with van der Waals surface area (Å²) >= 11 is 0. The molecule has 0 aromatic heterocycles. The summed E-state index contributed by atoms with van der Waals surface area (Å²) in [6, 6.07) is 3.89. The molecule has 0 spiro atoms. The molecular weight excluding hydrogens is 260 g/mol. The van der Waals surface area contributed by atoms with Crippen LogP contribution < -0.4 is 4.74 Å². The molecule has 0 saturated heterocycles. The van der Waals surface area contributed by atoms with E-state index in [0.29, 0.717) is 12.5 Å². The lowest BCUT2D eigenvalue weighted by atomic mass is 10.0. The highest BCUT2D eigenvalue weighted by molar-refractivity contribution is 5.95. The van der Waals surface area contributed by atoms with Crippen molar-refractivity contribution in [3.8, 4) is 5.75 Å². The summed E-state index contributed by atoms with van der Waals surface area (Å²) in [5.74, 6) is -1.75. The van der Waals surface area contributed by atoms with Gasteiger partial charge in [0.05, 0.1) is 12.2 Å². The average molecular weight is 280 g/mol. The van der Waals surface area contributed by atoms with Crippen molar-refractivity contribution in [3.05, 3.63) is 29.3 Å². The average Bonchev–Trinajstić information content (AvgIpc) is 2.42. The normalized spacial score (nSPS) is 11.9. The maximum atomic E-state index is 11.2. The molecule has 110 valence electrons. The van der Waals surface area contributed by atoms with Crippen molar-refractivity contribution >= 4 is 11.9 Å². The van der Waals surface area contributed by atoms with Crippen molar-refractivity contribution in [1.82, 2.24) is 0 Å². The summed E-state index contributed by atoms with van der Waals surface area (Å²) < 4.78 is 5.57. The highest BCUT2D eigenvalue weighted by Crippen LogP contribution is 2.22. The van der Waals surface area contributed by atoms with Crippen molar-refractivity contribution in [3.63, 3.8) is 0 Å². The molecular formula is C15H20O5. The van der Waals surface area contributed by atoms with Crippen LogP contribution in [0.1, 0.15) is 53.8 Å². The maximum absolute atomic E-state index is 11.2. The predicted octanol–water partition coefficient (Wildman–Crippen LogP) is 3.29. The van der Waals surface area contributed by atoms with Crippen molar-refractivity contribution in [1.29, 1.82) is 0 Å². The topological polar surface area (TPSA) is 83.8 Å². The number of benzene rings is 1. The Morgan fingerprint density at radius 3 is 2.40 bits per heavy atom. The van der Waals surface area contributed by atoms with Crippen LogP contribution in [0.5, 0.6) is 5.75 Å². The lowest BCUT2D eigenvalue weighted by Gasteiger charge is -2.16. The Bertz CT molecular complexity index is 481. The lowest BCUT2D eigenvalue weighted by Crippen LogP contribution is -2.13. The summed E-state index contributed by atoms with van der Waals surface area (Å²) in [7, 11) is 0. The molecule has 0 aliphatic carbocycles. The fourth-order valence-corrected chi connectivity index (χ4v) is 1.98. The van der Waals surface area contributed by atoms with Gasteiger partial charge in [0.25, 0.3) is 0 Å². The highest BCUT2D eigenvalue weighted by Gasteiger charge is 2.16. The monoisotopic (exact) mass is 280 g/mol. The number of rotatable bonds is 8. The predicted molar refractivity (Wildman–Crippen MR) is 74.5 cm³/mol. The Morgan fingerprint density at radius 1 is 1.20 bits per heavy atom. The molecule has 0 heterocycles. The minimum absolute atomic E-state index is 0.0599. The van der Waals surface area contributed by atoms with E-state index in [0.717, 1.165) is 25.3 Å². The standard InChI is InChI=1S/C15H20O5/c1-3-5-10(4-2)9-20-13-7-6-11(14(16)17)8-12(13)15(18)19/h6-8,10H,3-5,9H2,1-2H3,(H,16,17)(H,18,19). The minimum Gasteiger partial charge on any atom is -0.492 e. The largest absolute Gasteiger partial charge is 0.492 e. The Morgan fingerprint density at radius 2 is 1.90 bits per heavy atom. The van der Waals surface area contributed by atoms with E-state index in [4.69, 9.17) is 14.9 Å². The van der Waals surface area contributed by atoms with Crippen LogP contribution >= 0.6 is 0 Å². The van der Waals surface area contributed by atoms with Crippen molar-refractivity contribution in [2.24, 2.45) is 5.92 Å². The van der Waals surface area contributed by atoms with Gasteiger partial charge in [-0.3, -0.25) is 0 Å². The first-order valence-corrected chi connectivity index (χ1v) is 6.73. The van der Waals surface area contributed by atoms with Crippen LogP contribution in [0, 0.1) is 5.92 Å². The van der Waals surface area contributed by atoms with E-state index in [1.165, 1.54) is 12.1 Å². The maximum Gasteiger partial charge on any atom is 0.339 e. The highest BCUT2D eigenvalue weighted by atomic mass is 16.5. The Labute approximate surface area is 118 Å². The van der Waals surface area contributed by atoms with Crippen molar-refractivity contribution in [2.45, 2.75) is 33.1 Å². The second-order valence-corrected chi connectivity index (χ2v) is 4.70. The molecule has 0 radical (unpaired) electrons. The molecule has 1 unspecified atom stereocenters. The first-order valence-electron chi connectivity index (χ1n) is 6.73. The molecule has 1 aromatic carbocycles. The van der Waals surface area contributed by atoms with Gasteiger partial charge in [0.15, 0.2) is 0 Å². The van der Waals surface area contributed by atoms with E-state index >= 15 is 0 Å². The molecule has 0 bridgehead atoms. The van der Waals surface area contributed by atoms with E-state index in [2.05, 4.69) is 13.8 Å². The van der Waals surface area contributed by atoms with Gasteiger partial charge in [0, 0.05) is 0 Å². The Hall–Kier alpha value is -2.04. The summed E-state index contributed by atoms with van der Waals surface area (Å²) in [5, 5.41) is 18.0. The van der Waals surface area contributed by atoms with Gasteiger partial charge < -0.3 is 14.9 Å². The van der Waals surface area contributed by atoms with Crippen LogP contribution in [0.25, 0.3) is 0 Å². The zero-order chi connectivity index (χ0) is 15.1. The van der Waals surface area contributed by atoms with Gasteiger partial charge in [0.1, 0.15) is 11.3 Å². The van der Waals surface area contributed by atoms with E-state index in [1.54, 1.807) is 0 Å². The Kier molecular flexibility index (Phi) is 6.03. The van der Waals surface area contributed by atoms with Crippen molar-refractivity contribution in [2.75, 3.05) is 6.61 Å². The van der Waals surface area contributed by atoms with E-state index in [-0.39, 0.29) is 16.9 Å². The fourth-order valence-electron chi connectivity index (χ4n) is 1.98. The number of carboxylic acid groups (broad SMARTS) is 2. The van der Waals surface area contributed by atoms with Gasteiger partial charge in [-0.25, -0.2) is 9.59 Å². The number of hydrogen-bond donors (Lipinski definition) is 2. The fraction of sp³-hybridized carbons (Fsp3) is 0.467. The summed E-state index contributed by atoms with van der Waals surface area (Å²) in [6.07, 6.45) is 3.03. The molecule has 5 heteroatoms. The molecule has 0 aliphatic heterocycles. The summed E-state index contributed by atoms with van der Waals surface area (Å²) in [5.41, 5.74) is -0.174. The Balaban J connectivity index is 2.89. The van der Waals surface area contributed by atoms with Gasteiger partial charge in [0.2, 0.25) is 0 Å². The van der Waals surface area contributed by atoms with Gasteiger partial charge in [-0.05, 0) is 30.5 Å². The van der Waals surface area contributed by atoms with E-state index in [9.17, 15) is 9.59 Å². The number of hydrogen-bond acceptors (Lipinski definition) is 3. The van der Waals surface area contributed by atoms with Crippen LogP contribution in [0.15, 0.2) is 18.2 Å². The molecule has 1 aromatic rings. The summed E-state index contributed by atoms with van der Waals surface area (Å²) in [6.45, 7) is 4.60. The second kappa shape index (κ2) is 7.53. The summed E-state index contributed by atoms with van der Waals surface area (Å²) in [4.78, 5) is 22.0. The van der Waals surface area contributed by atoms with Crippen LogP contribution in [-0.4, -0.2) is 28.8 Å². The van der Waals surface area contributed by atoms with E-state index in [1.807, 2.05) is 0 Å². The van der Waals surface area contributed by atoms with Gasteiger partial charge in [-0.2, -0.15) is 0 Å².